The summed E-state index contributed by atoms with van der Waals surface area (Å²) in [6, 6.07) is 1.85. The Morgan fingerprint density at radius 1 is 1.41 bits per heavy atom. The predicted molar refractivity (Wildman–Crippen MR) is 65.4 cm³/mol. The van der Waals surface area contributed by atoms with Crippen LogP contribution >= 0.6 is 0 Å². The minimum atomic E-state index is 0.147. The summed E-state index contributed by atoms with van der Waals surface area (Å²) in [5, 5.41) is 3.26. The van der Waals surface area contributed by atoms with Gasteiger partial charge in [0.15, 0.2) is 0 Å². The Morgan fingerprint density at radius 2 is 2.24 bits per heavy atom. The van der Waals surface area contributed by atoms with Crippen LogP contribution in [-0.2, 0) is 11.2 Å². The molecule has 1 aliphatic heterocycles. The summed E-state index contributed by atoms with van der Waals surface area (Å²) in [6.07, 6.45) is 2.02. The Hall–Kier alpha value is -1.36. The summed E-state index contributed by atoms with van der Waals surface area (Å²) in [5.41, 5.74) is 0. The highest BCUT2D eigenvalue weighted by molar-refractivity contribution is 5.38. The number of hydrogen-bond acceptors (Lipinski definition) is 5. The smallest absolute Gasteiger partial charge is 0.219 e. The molecule has 1 aromatic heterocycles. The maximum atomic E-state index is 5.70. The second kappa shape index (κ2) is 5.82. The van der Waals surface area contributed by atoms with Crippen LogP contribution in [-0.4, -0.2) is 35.8 Å². The van der Waals surface area contributed by atoms with E-state index in [2.05, 4.69) is 22.2 Å². The monoisotopic (exact) mass is 237 g/mol. The van der Waals surface area contributed by atoms with E-state index in [0.717, 1.165) is 31.0 Å². The molecule has 1 fully saturated rings. The second-order valence-electron chi connectivity index (χ2n) is 4.07. The summed E-state index contributed by atoms with van der Waals surface area (Å²) >= 11 is 0. The van der Waals surface area contributed by atoms with E-state index in [9.17, 15) is 0 Å². The van der Waals surface area contributed by atoms with E-state index in [0.29, 0.717) is 19.1 Å². The van der Waals surface area contributed by atoms with Crippen LogP contribution in [0.4, 0.5) is 5.82 Å². The summed E-state index contributed by atoms with van der Waals surface area (Å²) < 4.78 is 10.8. The molecule has 5 nitrogen and oxygen atoms in total. The quantitative estimate of drug-likeness (QED) is 0.815. The molecule has 1 aromatic rings. The number of ether oxygens (including phenoxy) is 2. The van der Waals surface area contributed by atoms with E-state index in [1.54, 1.807) is 0 Å². The molecule has 0 aromatic carbocycles. The normalized spacial score (nSPS) is 15.4. The third-order valence-corrected chi connectivity index (χ3v) is 2.52. The van der Waals surface area contributed by atoms with Crippen molar-refractivity contribution in [1.29, 1.82) is 0 Å². The van der Waals surface area contributed by atoms with Crippen LogP contribution < -0.4 is 10.1 Å². The largest absolute Gasteiger partial charge is 0.469 e. The zero-order chi connectivity index (χ0) is 12.1. The zero-order valence-corrected chi connectivity index (χ0v) is 10.4. The molecule has 5 heteroatoms. The van der Waals surface area contributed by atoms with Crippen LogP contribution in [0.2, 0.25) is 0 Å². The van der Waals surface area contributed by atoms with Crippen molar-refractivity contribution in [3.8, 4) is 5.88 Å². The molecule has 0 bridgehead atoms. The minimum Gasteiger partial charge on any atom is -0.469 e. The molecule has 1 aliphatic rings. The molecular weight excluding hydrogens is 218 g/mol. The van der Waals surface area contributed by atoms with Crippen molar-refractivity contribution in [2.75, 3.05) is 25.1 Å². The number of hydrogen-bond donors (Lipinski definition) is 1. The van der Waals surface area contributed by atoms with Crippen LogP contribution in [0.1, 0.15) is 26.1 Å². The molecule has 0 saturated carbocycles. The topological polar surface area (TPSA) is 56.3 Å². The molecule has 0 unspecified atom stereocenters. The van der Waals surface area contributed by atoms with Gasteiger partial charge in [0.05, 0.1) is 13.2 Å². The molecule has 0 radical (unpaired) electrons. The SMILES string of the molecule is CCCNc1cc(OC2COC2)nc(CC)n1. The van der Waals surface area contributed by atoms with Crippen molar-refractivity contribution in [2.24, 2.45) is 0 Å². The highest BCUT2D eigenvalue weighted by Gasteiger charge is 2.21. The second-order valence-corrected chi connectivity index (χ2v) is 4.07. The first-order valence-electron chi connectivity index (χ1n) is 6.18. The molecule has 17 heavy (non-hydrogen) atoms. The van der Waals surface area contributed by atoms with Crippen LogP contribution in [0.5, 0.6) is 5.88 Å². The highest BCUT2D eigenvalue weighted by Crippen LogP contribution is 2.17. The molecule has 2 rings (SSSR count). The maximum absolute atomic E-state index is 5.70. The van der Waals surface area contributed by atoms with Gasteiger partial charge >= 0.3 is 0 Å². The number of anilines is 1. The van der Waals surface area contributed by atoms with Crippen molar-refractivity contribution < 1.29 is 9.47 Å². The first kappa shape index (κ1) is 12.1. The van der Waals surface area contributed by atoms with Crippen molar-refractivity contribution >= 4 is 5.82 Å². The molecule has 0 amide bonds. The van der Waals surface area contributed by atoms with Gasteiger partial charge in [-0.25, -0.2) is 4.98 Å². The zero-order valence-electron chi connectivity index (χ0n) is 10.4. The van der Waals surface area contributed by atoms with E-state index >= 15 is 0 Å². The third-order valence-electron chi connectivity index (χ3n) is 2.52. The van der Waals surface area contributed by atoms with Gasteiger partial charge in [0.1, 0.15) is 17.7 Å². The number of nitrogens with zero attached hydrogens (tertiary/aromatic N) is 2. The van der Waals surface area contributed by atoms with Crippen LogP contribution in [0, 0.1) is 0 Å². The molecule has 0 atom stereocenters. The van der Waals surface area contributed by atoms with Gasteiger partial charge in [-0.05, 0) is 6.42 Å². The molecule has 1 N–H and O–H groups in total. The fraction of sp³-hybridized carbons (Fsp3) is 0.667. The van der Waals surface area contributed by atoms with Crippen molar-refractivity contribution in [3.05, 3.63) is 11.9 Å². The van der Waals surface area contributed by atoms with Crippen LogP contribution in [0.25, 0.3) is 0 Å². The average molecular weight is 237 g/mol. The Bertz CT molecular complexity index is 367. The molecule has 2 heterocycles. The van der Waals surface area contributed by atoms with Gasteiger partial charge in [-0.15, -0.1) is 0 Å². The van der Waals surface area contributed by atoms with Gasteiger partial charge in [-0.3, -0.25) is 0 Å². The van der Waals surface area contributed by atoms with E-state index in [4.69, 9.17) is 9.47 Å². The van der Waals surface area contributed by atoms with Gasteiger partial charge < -0.3 is 14.8 Å². The highest BCUT2D eigenvalue weighted by atomic mass is 16.6. The molecule has 1 saturated heterocycles. The lowest BCUT2D eigenvalue weighted by Gasteiger charge is -2.26. The number of aromatic nitrogens is 2. The Labute approximate surface area is 102 Å². The van der Waals surface area contributed by atoms with Crippen molar-refractivity contribution in [3.63, 3.8) is 0 Å². The average Bonchev–Trinajstić information content (AvgIpc) is 2.31. The van der Waals surface area contributed by atoms with E-state index in [-0.39, 0.29) is 6.10 Å². The summed E-state index contributed by atoms with van der Waals surface area (Å²) in [6.45, 7) is 6.38. The Morgan fingerprint density at radius 3 is 2.82 bits per heavy atom. The van der Waals surface area contributed by atoms with Crippen LogP contribution in [0.15, 0.2) is 6.07 Å². The predicted octanol–water partition coefficient (Wildman–Crippen LogP) is 1.64. The van der Waals surface area contributed by atoms with Crippen molar-refractivity contribution in [1.82, 2.24) is 9.97 Å². The lowest BCUT2D eigenvalue weighted by atomic mass is 10.3. The lowest BCUT2D eigenvalue weighted by Crippen LogP contribution is -2.38. The number of rotatable bonds is 6. The van der Waals surface area contributed by atoms with Gasteiger partial charge in [0, 0.05) is 19.0 Å². The molecule has 0 spiro atoms. The Kier molecular flexibility index (Phi) is 4.14. The molecular formula is C12H19N3O2. The summed E-state index contributed by atoms with van der Waals surface area (Å²) in [4.78, 5) is 8.76. The Balaban J connectivity index is 2.06. The van der Waals surface area contributed by atoms with Crippen LogP contribution in [0.3, 0.4) is 0 Å². The van der Waals surface area contributed by atoms with E-state index in [1.807, 2.05) is 13.0 Å². The molecule has 0 aliphatic carbocycles. The van der Waals surface area contributed by atoms with Gasteiger partial charge in [0.2, 0.25) is 5.88 Å². The summed E-state index contributed by atoms with van der Waals surface area (Å²) in [5.74, 6) is 2.29. The fourth-order valence-corrected chi connectivity index (χ4v) is 1.49. The first-order valence-corrected chi connectivity index (χ1v) is 6.18. The van der Waals surface area contributed by atoms with Gasteiger partial charge in [-0.1, -0.05) is 13.8 Å². The van der Waals surface area contributed by atoms with E-state index in [1.165, 1.54) is 0 Å². The fourth-order valence-electron chi connectivity index (χ4n) is 1.49. The van der Waals surface area contributed by atoms with E-state index < -0.39 is 0 Å². The van der Waals surface area contributed by atoms with Gasteiger partial charge in [0.25, 0.3) is 0 Å². The first-order chi connectivity index (χ1) is 8.31. The van der Waals surface area contributed by atoms with Gasteiger partial charge in [-0.2, -0.15) is 4.98 Å². The standard InChI is InChI=1S/C12H19N3O2/c1-3-5-13-11-6-12(15-10(4-2)14-11)17-9-7-16-8-9/h6,9H,3-5,7-8H2,1-2H3,(H,13,14,15). The number of nitrogens with one attached hydrogen (secondary N) is 1. The summed E-state index contributed by atoms with van der Waals surface area (Å²) in [7, 11) is 0. The number of aryl methyl sites for hydroxylation is 1. The minimum absolute atomic E-state index is 0.147. The third kappa shape index (κ3) is 3.30. The maximum Gasteiger partial charge on any atom is 0.219 e. The van der Waals surface area contributed by atoms with Crippen molar-refractivity contribution in [2.45, 2.75) is 32.8 Å². The molecule has 94 valence electrons. The lowest BCUT2D eigenvalue weighted by molar-refractivity contribution is -0.0814.